The molecule has 0 aliphatic carbocycles. The maximum Gasteiger partial charge on any atom is 0.286 e. The van der Waals surface area contributed by atoms with Crippen LogP contribution >= 0.6 is 11.8 Å². The fourth-order valence-electron chi connectivity index (χ4n) is 2.09. The lowest BCUT2D eigenvalue weighted by Gasteiger charge is -2.00. The van der Waals surface area contributed by atoms with Crippen molar-refractivity contribution in [2.75, 3.05) is 6.54 Å². The number of oxazole rings is 1. The summed E-state index contributed by atoms with van der Waals surface area (Å²) in [6, 6.07) is 11.1. The number of para-hydroxylation sites is 2. The van der Waals surface area contributed by atoms with E-state index >= 15 is 0 Å². The van der Waals surface area contributed by atoms with E-state index in [4.69, 9.17) is 8.83 Å². The van der Waals surface area contributed by atoms with E-state index in [2.05, 4.69) is 17.2 Å². The molecule has 0 aliphatic heterocycles. The highest BCUT2D eigenvalue weighted by Gasteiger charge is 2.12. The summed E-state index contributed by atoms with van der Waals surface area (Å²) in [4.78, 5) is 16.3. The van der Waals surface area contributed by atoms with Gasteiger partial charge in [0.15, 0.2) is 11.3 Å². The van der Waals surface area contributed by atoms with Crippen LogP contribution in [0, 0.1) is 0 Å². The predicted octanol–water partition coefficient (Wildman–Crippen LogP) is 4.24. The second-order valence-electron chi connectivity index (χ2n) is 5.11. The Morgan fingerprint density at radius 1 is 1.22 bits per heavy atom. The van der Waals surface area contributed by atoms with Crippen LogP contribution in [-0.2, 0) is 5.75 Å². The normalized spacial score (nSPS) is 11.0. The van der Waals surface area contributed by atoms with E-state index in [9.17, 15) is 4.79 Å². The lowest BCUT2D eigenvalue weighted by Crippen LogP contribution is -2.23. The Labute approximate surface area is 138 Å². The molecular weight excluding hydrogens is 312 g/mol. The summed E-state index contributed by atoms with van der Waals surface area (Å²) in [6.07, 6.45) is 2.01. The third-order valence-electron chi connectivity index (χ3n) is 3.31. The van der Waals surface area contributed by atoms with Gasteiger partial charge in [0.1, 0.15) is 11.3 Å². The van der Waals surface area contributed by atoms with Crippen LogP contribution in [-0.4, -0.2) is 17.4 Å². The van der Waals surface area contributed by atoms with E-state index in [1.807, 2.05) is 30.3 Å². The van der Waals surface area contributed by atoms with Crippen molar-refractivity contribution in [2.24, 2.45) is 0 Å². The van der Waals surface area contributed by atoms with Crippen molar-refractivity contribution in [1.29, 1.82) is 0 Å². The van der Waals surface area contributed by atoms with Gasteiger partial charge >= 0.3 is 0 Å². The highest BCUT2D eigenvalue weighted by Crippen LogP contribution is 2.26. The third kappa shape index (κ3) is 3.96. The van der Waals surface area contributed by atoms with Gasteiger partial charge in [-0.25, -0.2) is 4.98 Å². The molecule has 120 valence electrons. The number of thioether (sulfide) groups is 1. The molecule has 2 heterocycles. The molecular formula is C17H18N2O3S. The molecule has 0 atom stereocenters. The Bertz CT molecular complexity index is 761. The summed E-state index contributed by atoms with van der Waals surface area (Å²) < 4.78 is 11.2. The van der Waals surface area contributed by atoms with E-state index in [0.717, 1.165) is 29.7 Å². The number of hydrogen-bond donors (Lipinski definition) is 1. The lowest BCUT2D eigenvalue weighted by molar-refractivity contribution is 0.0924. The number of carbonyl (C=O) groups excluding carboxylic acids is 1. The first-order valence-corrected chi connectivity index (χ1v) is 8.60. The smallest absolute Gasteiger partial charge is 0.286 e. The SMILES string of the molecule is CCCCNC(=O)c1ccc(CSc2nc3ccccc3o2)o1. The summed E-state index contributed by atoms with van der Waals surface area (Å²) in [6.45, 7) is 2.75. The van der Waals surface area contributed by atoms with Crippen molar-refractivity contribution in [3.63, 3.8) is 0 Å². The van der Waals surface area contributed by atoms with Crippen LogP contribution in [0.15, 0.2) is 50.5 Å². The van der Waals surface area contributed by atoms with Crippen LogP contribution in [0.2, 0.25) is 0 Å². The number of rotatable bonds is 7. The van der Waals surface area contributed by atoms with Crippen molar-refractivity contribution in [3.05, 3.63) is 47.9 Å². The van der Waals surface area contributed by atoms with Crippen LogP contribution in [0.25, 0.3) is 11.1 Å². The zero-order valence-electron chi connectivity index (χ0n) is 12.9. The summed E-state index contributed by atoms with van der Waals surface area (Å²) in [5.74, 6) is 1.46. The van der Waals surface area contributed by atoms with E-state index < -0.39 is 0 Å². The van der Waals surface area contributed by atoms with Crippen LogP contribution in [0.4, 0.5) is 0 Å². The van der Waals surface area contributed by atoms with Crippen LogP contribution in [0.1, 0.15) is 36.1 Å². The molecule has 1 aromatic carbocycles. The van der Waals surface area contributed by atoms with Crippen molar-refractivity contribution in [3.8, 4) is 0 Å². The molecule has 0 unspecified atom stereocenters. The quantitative estimate of drug-likeness (QED) is 0.518. The lowest BCUT2D eigenvalue weighted by atomic mass is 10.3. The average Bonchev–Trinajstić information content (AvgIpc) is 3.19. The number of amides is 1. The zero-order chi connectivity index (χ0) is 16.1. The van der Waals surface area contributed by atoms with Gasteiger partial charge in [-0.1, -0.05) is 37.2 Å². The number of unbranched alkanes of at least 4 members (excludes halogenated alkanes) is 1. The number of aromatic nitrogens is 1. The van der Waals surface area contributed by atoms with Gasteiger partial charge in [-0.2, -0.15) is 0 Å². The van der Waals surface area contributed by atoms with Crippen LogP contribution in [0.5, 0.6) is 0 Å². The molecule has 5 nitrogen and oxygen atoms in total. The Balaban J connectivity index is 1.57. The minimum atomic E-state index is -0.170. The number of nitrogens with one attached hydrogen (secondary N) is 1. The third-order valence-corrected chi connectivity index (χ3v) is 4.16. The summed E-state index contributed by atoms with van der Waals surface area (Å²) in [5.41, 5.74) is 1.61. The topological polar surface area (TPSA) is 68.3 Å². The molecule has 0 bridgehead atoms. The standard InChI is InChI=1S/C17H18N2O3S/c1-2-3-10-18-16(20)15-9-8-12(21-15)11-23-17-19-13-6-4-5-7-14(13)22-17/h4-9H,2-3,10-11H2,1H3,(H,18,20). The monoisotopic (exact) mass is 330 g/mol. The molecule has 3 aromatic rings. The van der Waals surface area contributed by atoms with E-state index in [1.165, 1.54) is 11.8 Å². The van der Waals surface area contributed by atoms with Crippen molar-refractivity contribution in [1.82, 2.24) is 10.3 Å². The fourth-order valence-corrected chi connectivity index (χ4v) is 2.82. The Kier molecular flexibility index (Phi) is 5.02. The van der Waals surface area contributed by atoms with Crippen LogP contribution < -0.4 is 5.32 Å². The molecule has 0 saturated heterocycles. The first-order chi connectivity index (χ1) is 11.3. The number of hydrogen-bond acceptors (Lipinski definition) is 5. The van der Waals surface area contributed by atoms with Gasteiger partial charge in [0.05, 0.1) is 5.75 Å². The largest absolute Gasteiger partial charge is 0.455 e. The van der Waals surface area contributed by atoms with Gasteiger partial charge in [-0.15, -0.1) is 0 Å². The number of fused-ring (bicyclic) bond motifs is 1. The summed E-state index contributed by atoms with van der Waals surface area (Å²) >= 11 is 1.44. The first kappa shape index (κ1) is 15.7. The van der Waals surface area contributed by atoms with E-state index in [0.29, 0.717) is 23.3 Å². The zero-order valence-corrected chi connectivity index (χ0v) is 13.7. The van der Waals surface area contributed by atoms with Crippen molar-refractivity contribution < 1.29 is 13.6 Å². The van der Waals surface area contributed by atoms with Crippen molar-refractivity contribution >= 4 is 28.8 Å². The maximum atomic E-state index is 11.9. The Morgan fingerprint density at radius 3 is 2.91 bits per heavy atom. The molecule has 0 aliphatic rings. The molecule has 0 spiro atoms. The second-order valence-corrected chi connectivity index (χ2v) is 6.04. The van der Waals surface area contributed by atoms with Gasteiger partial charge in [0.2, 0.25) is 0 Å². The number of nitrogens with zero attached hydrogens (tertiary/aromatic N) is 1. The minimum absolute atomic E-state index is 0.170. The van der Waals surface area contributed by atoms with Crippen molar-refractivity contribution in [2.45, 2.75) is 30.7 Å². The highest BCUT2D eigenvalue weighted by atomic mass is 32.2. The molecule has 23 heavy (non-hydrogen) atoms. The Hall–Kier alpha value is -2.21. The summed E-state index contributed by atoms with van der Waals surface area (Å²) in [7, 11) is 0. The van der Waals surface area contributed by atoms with Gasteiger partial charge < -0.3 is 14.2 Å². The fraction of sp³-hybridized carbons (Fsp3) is 0.294. The van der Waals surface area contributed by atoms with E-state index in [-0.39, 0.29) is 5.91 Å². The molecule has 6 heteroatoms. The highest BCUT2D eigenvalue weighted by molar-refractivity contribution is 7.98. The molecule has 0 fully saturated rings. The van der Waals surface area contributed by atoms with Crippen LogP contribution in [0.3, 0.4) is 0 Å². The minimum Gasteiger partial charge on any atom is -0.455 e. The number of furan rings is 1. The molecule has 0 saturated carbocycles. The van der Waals surface area contributed by atoms with Gasteiger partial charge in [0.25, 0.3) is 11.1 Å². The molecule has 1 amide bonds. The molecule has 3 rings (SSSR count). The van der Waals surface area contributed by atoms with Gasteiger partial charge in [-0.3, -0.25) is 4.79 Å². The second kappa shape index (κ2) is 7.37. The average molecular weight is 330 g/mol. The predicted molar refractivity (Wildman–Crippen MR) is 89.5 cm³/mol. The van der Waals surface area contributed by atoms with Gasteiger partial charge in [0, 0.05) is 6.54 Å². The number of benzene rings is 1. The number of carbonyl (C=O) groups is 1. The van der Waals surface area contributed by atoms with Gasteiger partial charge in [-0.05, 0) is 30.7 Å². The Morgan fingerprint density at radius 2 is 2.09 bits per heavy atom. The molecule has 2 aromatic heterocycles. The summed E-state index contributed by atoms with van der Waals surface area (Å²) in [5, 5.41) is 3.43. The maximum absolute atomic E-state index is 11.9. The first-order valence-electron chi connectivity index (χ1n) is 7.61. The van der Waals surface area contributed by atoms with E-state index in [1.54, 1.807) is 6.07 Å². The molecule has 1 N–H and O–H groups in total. The molecule has 0 radical (unpaired) electrons.